The van der Waals surface area contributed by atoms with Crippen molar-refractivity contribution in [3.63, 3.8) is 0 Å². The Kier molecular flexibility index (Phi) is 3.67. The van der Waals surface area contributed by atoms with E-state index in [0.717, 1.165) is 0 Å². The van der Waals surface area contributed by atoms with Crippen LogP contribution in [0.1, 0.15) is 6.42 Å². The van der Waals surface area contributed by atoms with Crippen molar-refractivity contribution in [2.45, 2.75) is 6.42 Å². The molecule has 1 atom stereocenters. The number of carbonyl (C=O) groups excluding carboxylic acids is 1. The van der Waals surface area contributed by atoms with Crippen LogP contribution in [0.5, 0.6) is 5.88 Å². The van der Waals surface area contributed by atoms with Crippen LogP contribution in [0.2, 0.25) is 0 Å². The van der Waals surface area contributed by atoms with E-state index in [1.54, 1.807) is 0 Å². The Bertz CT molecular complexity index is 589. The summed E-state index contributed by atoms with van der Waals surface area (Å²) in [7, 11) is -2.13. The number of hydrogen-bond acceptors (Lipinski definition) is 6. The first-order valence-electron chi connectivity index (χ1n) is 5.56. The second kappa shape index (κ2) is 5.10. The van der Waals surface area contributed by atoms with Crippen molar-refractivity contribution >= 4 is 21.7 Å². The first-order chi connectivity index (χ1) is 8.89. The molecule has 0 aromatic carbocycles. The Morgan fingerprint density at radius 2 is 2.26 bits per heavy atom. The Morgan fingerprint density at radius 3 is 2.89 bits per heavy atom. The SMILES string of the molecule is COc1cc(N2CC(CS(N)(=O)=O)CC2=O)ncn1. The number of methoxy groups -OCH3 is 1. The molecule has 1 aromatic rings. The minimum absolute atomic E-state index is 0.142. The molecule has 1 saturated heterocycles. The third kappa shape index (κ3) is 3.38. The third-order valence-electron chi connectivity index (χ3n) is 2.79. The van der Waals surface area contributed by atoms with E-state index >= 15 is 0 Å². The minimum atomic E-state index is -3.59. The van der Waals surface area contributed by atoms with E-state index in [0.29, 0.717) is 11.7 Å². The van der Waals surface area contributed by atoms with E-state index in [1.807, 2.05) is 0 Å². The highest BCUT2D eigenvalue weighted by atomic mass is 32.2. The van der Waals surface area contributed by atoms with Crippen molar-refractivity contribution in [2.24, 2.45) is 11.1 Å². The molecular weight excluding hydrogens is 272 g/mol. The van der Waals surface area contributed by atoms with Crippen LogP contribution in [0.3, 0.4) is 0 Å². The summed E-state index contributed by atoms with van der Waals surface area (Å²) < 4.78 is 27.0. The van der Waals surface area contributed by atoms with Gasteiger partial charge in [0.2, 0.25) is 21.8 Å². The van der Waals surface area contributed by atoms with Gasteiger partial charge in [-0.05, 0) is 0 Å². The molecule has 2 rings (SSSR count). The maximum atomic E-state index is 11.9. The van der Waals surface area contributed by atoms with E-state index in [9.17, 15) is 13.2 Å². The molecule has 2 N–H and O–H groups in total. The van der Waals surface area contributed by atoms with Gasteiger partial charge in [0.05, 0.1) is 12.9 Å². The molecule has 104 valence electrons. The lowest BCUT2D eigenvalue weighted by Crippen LogP contribution is -2.28. The number of primary sulfonamides is 1. The number of rotatable bonds is 4. The van der Waals surface area contributed by atoms with Crippen LogP contribution in [0, 0.1) is 5.92 Å². The molecule has 1 aromatic heterocycles. The number of carbonyl (C=O) groups is 1. The van der Waals surface area contributed by atoms with Crippen molar-refractivity contribution in [3.05, 3.63) is 12.4 Å². The van der Waals surface area contributed by atoms with E-state index < -0.39 is 10.0 Å². The van der Waals surface area contributed by atoms with Gasteiger partial charge in [-0.3, -0.25) is 9.69 Å². The van der Waals surface area contributed by atoms with E-state index in [4.69, 9.17) is 9.88 Å². The molecule has 0 aliphatic carbocycles. The van der Waals surface area contributed by atoms with Crippen LogP contribution in [0.15, 0.2) is 12.4 Å². The molecule has 1 amide bonds. The fourth-order valence-electron chi connectivity index (χ4n) is 2.03. The lowest BCUT2D eigenvalue weighted by Gasteiger charge is -2.15. The quantitative estimate of drug-likeness (QED) is 0.769. The van der Waals surface area contributed by atoms with Gasteiger partial charge in [0, 0.05) is 24.9 Å². The number of hydrogen-bond donors (Lipinski definition) is 1. The van der Waals surface area contributed by atoms with Gasteiger partial charge in [-0.2, -0.15) is 0 Å². The summed E-state index contributed by atoms with van der Waals surface area (Å²) in [6, 6.07) is 1.53. The zero-order chi connectivity index (χ0) is 14.0. The zero-order valence-corrected chi connectivity index (χ0v) is 11.1. The van der Waals surface area contributed by atoms with Gasteiger partial charge in [0.15, 0.2) is 0 Å². The number of nitrogens with two attached hydrogens (primary N) is 1. The van der Waals surface area contributed by atoms with Crippen molar-refractivity contribution in [2.75, 3.05) is 24.3 Å². The fraction of sp³-hybridized carbons (Fsp3) is 0.500. The summed E-state index contributed by atoms with van der Waals surface area (Å²) in [6.45, 7) is 0.273. The highest BCUT2D eigenvalue weighted by Crippen LogP contribution is 2.25. The van der Waals surface area contributed by atoms with Crippen LogP contribution in [-0.4, -0.2) is 43.7 Å². The molecule has 0 radical (unpaired) electrons. The van der Waals surface area contributed by atoms with Gasteiger partial charge in [-0.1, -0.05) is 0 Å². The number of aromatic nitrogens is 2. The van der Waals surface area contributed by atoms with Crippen molar-refractivity contribution in [1.29, 1.82) is 0 Å². The summed E-state index contributed by atoms with van der Waals surface area (Å²) in [5, 5.41) is 4.99. The number of sulfonamides is 1. The lowest BCUT2D eigenvalue weighted by atomic mass is 10.1. The van der Waals surface area contributed by atoms with Gasteiger partial charge in [-0.15, -0.1) is 0 Å². The first kappa shape index (κ1) is 13.7. The van der Waals surface area contributed by atoms with E-state index in [-0.39, 0.29) is 30.5 Å². The molecule has 1 fully saturated rings. The number of amides is 1. The molecule has 19 heavy (non-hydrogen) atoms. The predicted molar refractivity (Wildman–Crippen MR) is 67.0 cm³/mol. The molecule has 9 heteroatoms. The van der Waals surface area contributed by atoms with Gasteiger partial charge in [0.25, 0.3) is 0 Å². The molecule has 0 spiro atoms. The molecule has 1 aliphatic heterocycles. The average Bonchev–Trinajstić information content (AvgIpc) is 2.68. The maximum Gasteiger partial charge on any atom is 0.228 e. The number of ether oxygens (including phenoxy) is 1. The van der Waals surface area contributed by atoms with Crippen molar-refractivity contribution in [1.82, 2.24) is 9.97 Å². The van der Waals surface area contributed by atoms with Crippen LogP contribution < -0.4 is 14.8 Å². The molecule has 8 nitrogen and oxygen atoms in total. The molecular formula is C10H14N4O4S. The van der Waals surface area contributed by atoms with E-state index in [1.165, 1.54) is 24.4 Å². The van der Waals surface area contributed by atoms with E-state index in [2.05, 4.69) is 9.97 Å². The predicted octanol–water partition coefficient (Wildman–Crippen LogP) is -0.873. The Labute approximate surface area is 110 Å². The smallest absolute Gasteiger partial charge is 0.228 e. The average molecular weight is 286 g/mol. The summed E-state index contributed by atoms with van der Waals surface area (Å²) in [4.78, 5) is 21.1. The Morgan fingerprint density at radius 1 is 1.53 bits per heavy atom. The number of nitrogens with zero attached hydrogens (tertiary/aromatic N) is 3. The van der Waals surface area contributed by atoms with Crippen LogP contribution in [0.4, 0.5) is 5.82 Å². The van der Waals surface area contributed by atoms with Crippen LogP contribution >= 0.6 is 0 Å². The largest absolute Gasteiger partial charge is 0.481 e. The van der Waals surface area contributed by atoms with Crippen molar-refractivity contribution < 1.29 is 17.9 Å². The lowest BCUT2D eigenvalue weighted by molar-refractivity contribution is -0.117. The second-order valence-electron chi connectivity index (χ2n) is 4.32. The van der Waals surface area contributed by atoms with Crippen molar-refractivity contribution in [3.8, 4) is 5.88 Å². The summed E-state index contributed by atoms with van der Waals surface area (Å²) in [5.41, 5.74) is 0. The monoisotopic (exact) mass is 286 g/mol. The second-order valence-corrected chi connectivity index (χ2v) is 5.98. The molecule has 0 bridgehead atoms. The van der Waals surface area contributed by atoms with Gasteiger partial charge >= 0.3 is 0 Å². The minimum Gasteiger partial charge on any atom is -0.481 e. The van der Waals surface area contributed by atoms with Gasteiger partial charge < -0.3 is 4.74 Å². The summed E-state index contributed by atoms with van der Waals surface area (Å²) >= 11 is 0. The first-order valence-corrected chi connectivity index (χ1v) is 7.27. The van der Waals surface area contributed by atoms with Crippen LogP contribution in [-0.2, 0) is 14.8 Å². The zero-order valence-electron chi connectivity index (χ0n) is 10.3. The Balaban J connectivity index is 2.15. The molecule has 0 saturated carbocycles. The standard InChI is InChI=1S/C10H14N4O4S/c1-18-9-3-8(12-6-13-9)14-4-7(2-10(14)15)5-19(11,16)17/h3,6-7H,2,4-5H2,1H3,(H2,11,16,17). The molecule has 1 aliphatic rings. The number of anilines is 1. The topological polar surface area (TPSA) is 115 Å². The van der Waals surface area contributed by atoms with Gasteiger partial charge in [0.1, 0.15) is 12.1 Å². The summed E-state index contributed by atoms with van der Waals surface area (Å²) in [6.07, 6.45) is 1.43. The highest BCUT2D eigenvalue weighted by molar-refractivity contribution is 7.89. The maximum absolute atomic E-state index is 11.9. The van der Waals surface area contributed by atoms with Gasteiger partial charge in [-0.25, -0.2) is 23.5 Å². The highest BCUT2D eigenvalue weighted by Gasteiger charge is 2.33. The molecule has 2 heterocycles. The normalized spacial score (nSPS) is 19.8. The third-order valence-corrected chi connectivity index (χ3v) is 3.72. The summed E-state index contributed by atoms with van der Waals surface area (Å²) in [5.74, 6) is 0.0246. The Hall–Kier alpha value is -1.74. The molecule has 1 unspecified atom stereocenters. The van der Waals surface area contributed by atoms with Crippen LogP contribution in [0.25, 0.3) is 0 Å². The fourth-order valence-corrected chi connectivity index (χ4v) is 2.91.